The van der Waals surface area contributed by atoms with E-state index in [2.05, 4.69) is 25.9 Å². The number of nitrogens with one attached hydrogen (secondary N) is 1. The minimum Gasteiger partial charge on any atom is -0.439 e. The fourth-order valence-electron chi connectivity index (χ4n) is 3.76. The van der Waals surface area contributed by atoms with Crippen LogP contribution in [0.15, 0.2) is 36.8 Å². The van der Waals surface area contributed by atoms with E-state index in [0.717, 1.165) is 40.9 Å². The van der Waals surface area contributed by atoms with Crippen molar-refractivity contribution >= 4 is 16.8 Å². The van der Waals surface area contributed by atoms with Crippen LogP contribution < -0.4 is 10.1 Å². The molecule has 1 aromatic carbocycles. The normalized spacial score (nSPS) is 18.9. The third-order valence-corrected chi connectivity index (χ3v) is 5.47. The molecule has 1 saturated heterocycles. The molecule has 1 unspecified atom stereocenters. The molecule has 27 heavy (non-hydrogen) atoms. The van der Waals surface area contributed by atoms with Gasteiger partial charge < -0.3 is 19.5 Å². The van der Waals surface area contributed by atoms with Crippen LogP contribution in [0.25, 0.3) is 10.9 Å². The zero-order valence-corrected chi connectivity index (χ0v) is 15.2. The van der Waals surface area contributed by atoms with Crippen LogP contribution in [0.1, 0.15) is 17.7 Å². The van der Waals surface area contributed by atoms with Crippen molar-refractivity contribution in [3.05, 3.63) is 48.0 Å². The monoisotopic (exact) mass is 363 g/mol. The lowest BCUT2D eigenvalue weighted by Gasteiger charge is -2.35. The maximum atomic E-state index is 12.5. The van der Waals surface area contributed by atoms with Gasteiger partial charge in [-0.05, 0) is 43.7 Å². The van der Waals surface area contributed by atoms with E-state index in [-0.39, 0.29) is 11.9 Å². The summed E-state index contributed by atoms with van der Waals surface area (Å²) in [5, 5.41) is 4.30. The van der Waals surface area contributed by atoms with Gasteiger partial charge in [-0.2, -0.15) is 0 Å². The second kappa shape index (κ2) is 6.35. The van der Waals surface area contributed by atoms with Crippen molar-refractivity contribution < 1.29 is 9.53 Å². The Kier molecular flexibility index (Phi) is 3.82. The van der Waals surface area contributed by atoms with Crippen molar-refractivity contribution in [2.45, 2.75) is 25.4 Å². The number of carbonyl (C=O) groups excluding carboxylic acids is 1. The molecule has 7 heteroatoms. The Balaban J connectivity index is 1.39. The largest absolute Gasteiger partial charge is 0.439 e. The highest BCUT2D eigenvalue weighted by atomic mass is 16.5. The summed E-state index contributed by atoms with van der Waals surface area (Å²) < 4.78 is 8.17. The van der Waals surface area contributed by atoms with Crippen molar-refractivity contribution in [1.82, 2.24) is 24.8 Å². The van der Waals surface area contributed by atoms with Gasteiger partial charge in [0.25, 0.3) is 0 Å². The van der Waals surface area contributed by atoms with Crippen LogP contribution in [0.4, 0.5) is 0 Å². The van der Waals surface area contributed by atoms with Gasteiger partial charge in [-0.1, -0.05) is 0 Å². The highest BCUT2D eigenvalue weighted by Crippen LogP contribution is 2.30. The highest BCUT2D eigenvalue weighted by Gasteiger charge is 2.32. The number of amides is 1. The van der Waals surface area contributed by atoms with Crippen molar-refractivity contribution in [2.24, 2.45) is 7.05 Å². The molecule has 138 valence electrons. The van der Waals surface area contributed by atoms with E-state index < -0.39 is 0 Å². The summed E-state index contributed by atoms with van der Waals surface area (Å²) in [5.74, 6) is 1.51. The van der Waals surface area contributed by atoms with E-state index in [1.807, 2.05) is 36.3 Å². The van der Waals surface area contributed by atoms with Gasteiger partial charge in [0.2, 0.25) is 11.8 Å². The topological polar surface area (TPSA) is 72.3 Å². The van der Waals surface area contributed by atoms with E-state index in [4.69, 9.17) is 4.74 Å². The molecule has 4 heterocycles. The maximum absolute atomic E-state index is 12.5. The zero-order valence-electron chi connectivity index (χ0n) is 15.2. The highest BCUT2D eigenvalue weighted by molar-refractivity contribution is 5.83. The lowest BCUT2D eigenvalue weighted by molar-refractivity contribution is -0.136. The molecule has 1 amide bonds. The number of fused-ring (bicyclic) bond motifs is 2. The lowest BCUT2D eigenvalue weighted by Crippen LogP contribution is -2.55. The van der Waals surface area contributed by atoms with E-state index in [0.29, 0.717) is 25.4 Å². The molecule has 2 aromatic heterocycles. The summed E-state index contributed by atoms with van der Waals surface area (Å²) in [5.41, 5.74) is 3.03. The van der Waals surface area contributed by atoms with Crippen LogP contribution >= 0.6 is 0 Å². The average Bonchev–Trinajstić information content (AvgIpc) is 3.00. The van der Waals surface area contributed by atoms with Gasteiger partial charge in [0, 0.05) is 36.3 Å². The van der Waals surface area contributed by atoms with Crippen molar-refractivity contribution in [3.8, 4) is 11.6 Å². The molecular formula is C20H21N5O2. The van der Waals surface area contributed by atoms with Crippen molar-refractivity contribution in [2.75, 3.05) is 13.1 Å². The first-order valence-electron chi connectivity index (χ1n) is 9.27. The molecular weight excluding hydrogens is 342 g/mol. The third kappa shape index (κ3) is 2.84. The Hall–Kier alpha value is -2.93. The van der Waals surface area contributed by atoms with Gasteiger partial charge >= 0.3 is 0 Å². The van der Waals surface area contributed by atoms with Crippen LogP contribution in [-0.2, 0) is 24.8 Å². The van der Waals surface area contributed by atoms with Crippen LogP contribution in [-0.4, -0.2) is 44.5 Å². The molecule has 7 nitrogen and oxygen atoms in total. The number of rotatable bonds is 3. The van der Waals surface area contributed by atoms with Gasteiger partial charge in [-0.15, -0.1) is 0 Å². The molecule has 0 saturated carbocycles. The standard InChI is InChI=1S/C20H21N5O2/c1-24-8-5-13-10-14(2-3-18(13)24)27-19-15-6-9-25(11-17(15)22-12-23-19)20(26)16-4-7-21-16/h2-3,5,8,10,12,16,21H,4,6-7,9,11H2,1H3. The van der Waals surface area contributed by atoms with E-state index >= 15 is 0 Å². The Morgan fingerprint density at radius 1 is 1.30 bits per heavy atom. The molecule has 2 aliphatic heterocycles. The van der Waals surface area contributed by atoms with Crippen molar-refractivity contribution in [1.29, 1.82) is 0 Å². The Morgan fingerprint density at radius 2 is 2.19 bits per heavy atom. The SMILES string of the molecule is Cn1ccc2cc(Oc3ncnc4c3CCN(C(=O)C3CCN3)C4)ccc21. The summed E-state index contributed by atoms with van der Waals surface area (Å²) in [6.07, 6.45) is 5.17. The molecule has 0 radical (unpaired) electrons. The average molecular weight is 363 g/mol. The van der Waals surface area contributed by atoms with E-state index in [9.17, 15) is 4.79 Å². The van der Waals surface area contributed by atoms with Gasteiger partial charge in [0.1, 0.15) is 12.1 Å². The number of nitrogens with zero attached hydrogens (tertiary/aromatic N) is 4. The second-order valence-electron chi connectivity index (χ2n) is 7.16. The van der Waals surface area contributed by atoms with Crippen LogP contribution in [0.5, 0.6) is 11.6 Å². The van der Waals surface area contributed by atoms with Crippen LogP contribution in [0, 0.1) is 0 Å². The Morgan fingerprint density at radius 3 is 3.00 bits per heavy atom. The molecule has 1 fully saturated rings. The first-order valence-corrected chi connectivity index (χ1v) is 9.27. The number of benzene rings is 1. The fourth-order valence-corrected chi connectivity index (χ4v) is 3.76. The summed E-state index contributed by atoms with van der Waals surface area (Å²) >= 11 is 0. The summed E-state index contributed by atoms with van der Waals surface area (Å²) in [7, 11) is 2.02. The minimum atomic E-state index is -0.0262. The van der Waals surface area contributed by atoms with Gasteiger partial charge in [-0.3, -0.25) is 4.79 Å². The first kappa shape index (κ1) is 16.3. The predicted molar refractivity (Wildman–Crippen MR) is 101 cm³/mol. The minimum absolute atomic E-state index is 0.0262. The fraction of sp³-hybridized carbons (Fsp3) is 0.350. The number of ether oxygens (including phenoxy) is 1. The number of aryl methyl sites for hydroxylation is 1. The maximum Gasteiger partial charge on any atom is 0.240 e. The third-order valence-electron chi connectivity index (χ3n) is 5.47. The molecule has 0 aliphatic carbocycles. The zero-order chi connectivity index (χ0) is 18.4. The number of hydrogen-bond donors (Lipinski definition) is 1. The van der Waals surface area contributed by atoms with Gasteiger partial charge in [0.05, 0.1) is 18.3 Å². The number of carbonyl (C=O) groups is 1. The van der Waals surface area contributed by atoms with Gasteiger partial charge in [-0.25, -0.2) is 9.97 Å². The molecule has 1 N–H and O–H groups in total. The van der Waals surface area contributed by atoms with Crippen LogP contribution in [0.2, 0.25) is 0 Å². The quantitative estimate of drug-likeness (QED) is 0.771. The second-order valence-corrected chi connectivity index (χ2v) is 7.16. The van der Waals surface area contributed by atoms with E-state index in [1.165, 1.54) is 6.33 Å². The molecule has 3 aromatic rings. The predicted octanol–water partition coefficient (Wildman–Crippen LogP) is 2.01. The first-order chi connectivity index (χ1) is 13.2. The molecule has 0 spiro atoms. The Labute approximate surface area is 157 Å². The molecule has 2 aliphatic rings. The van der Waals surface area contributed by atoms with Crippen LogP contribution in [0.3, 0.4) is 0 Å². The molecule has 5 rings (SSSR count). The number of aromatic nitrogens is 3. The van der Waals surface area contributed by atoms with Gasteiger partial charge in [0.15, 0.2) is 0 Å². The van der Waals surface area contributed by atoms with E-state index in [1.54, 1.807) is 0 Å². The van der Waals surface area contributed by atoms with Crippen molar-refractivity contribution in [3.63, 3.8) is 0 Å². The summed E-state index contributed by atoms with van der Waals surface area (Å²) in [6, 6.07) is 8.06. The molecule has 0 bridgehead atoms. The number of hydrogen-bond acceptors (Lipinski definition) is 5. The summed E-state index contributed by atoms with van der Waals surface area (Å²) in [6.45, 7) is 2.11. The molecule has 1 atom stereocenters. The summed E-state index contributed by atoms with van der Waals surface area (Å²) in [4.78, 5) is 23.1. The lowest BCUT2D eigenvalue weighted by atomic mass is 10.0. The smallest absolute Gasteiger partial charge is 0.240 e. The Bertz CT molecular complexity index is 1020.